The van der Waals surface area contributed by atoms with Crippen molar-refractivity contribution in [2.24, 2.45) is 5.22 Å². The van der Waals surface area contributed by atoms with Crippen LogP contribution in [0.1, 0.15) is 6.92 Å². The molecule has 3 rings (SSSR count). The number of rotatable bonds is 3. The third-order valence-corrected chi connectivity index (χ3v) is 5.15. The first kappa shape index (κ1) is 20.8. The minimum Gasteiger partial charge on any atom is -0.416 e. The second kappa shape index (κ2) is 8.19. The maximum atomic E-state index is 11.6. The van der Waals surface area contributed by atoms with Gasteiger partial charge in [0.15, 0.2) is 17.9 Å². The molecule has 0 aliphatic carbocycles. The van der Waals surface area contributed by atoms with Gasteiger partial charge in [-0.1, -0.05) is 74.6 Å². The predicted molar refractivity (Wildman–Crippen MR) is 108 cm³/mol. The second-order valence-corrected chi connectivity index (χ2v) is 8.02. The van der Waals surface area contributed by atoms with Crippen molar-refractivity contribution in [3.63, 3.8) is 0 Å². The smallest absolute Gasteiger partial charge is 0.306 e. The average Bonchev–Trinajstić information content (AvgIpc) is 2.87. The van der Waals surface area contributed by atoms with E-state index in [2.05, 4.69) is 5.22 Å². The van der Waals surface area contributed by atoms with Crippen molar-refractivity contribution in [1.82, 2.24) is 0 Å². The van der Waals surface area contributed by atoms with Crippen LogP contribution in [0.4, 0.5) is 11.4 Å². The van der Waals surface area contributed by atoms with E-state index >= 15 is 0 Å². The van der Waals surface area contributed by atoms with Crippen LogP contribution in [-0.4, -0.2) is 23.4 Å². The highest BCUT2D eigenvalue weighted by Gasteiger charge is 2.42. The lowest BCUT2D eigenvalue weighted by atomic mass is 10.3. The van der Waals surface area contributed by atoms with Crippen LogP contribution in [0.25, 0.3) is 0 Å². The molecule has 2 aromatic rings. The molecule has 0 aromatic heterocycles. The summed E-state index contributed by atoms with van der Waals surface area (Å²) in [5, 5.41) is 7.60. The van der Waals surface area contributed by atoms with E-state index in [1.165, 1.54) is 40.9 Å². The molecule has 27 heavy (non-hydrogen) atoms. The Morgan fingerprint density at radius 2 is 1.48 bits per heavy atom. The predicted octanol–water partition coefficient (Wildman–Crippen LogP) is 7.03. The topological polar surface area (TPSA) is 44.9 Å². The van der Waals surface area contributed by atoms with Crippen LogP contribution in [0.2, 0.25) is 30.1 Å². The number of carbonyl (C=O) groups is 1. The van der Waals surface area contributed by atoms with Crippen molar-refractivity contribution in [3.8, 4) is 0 Å². The normalized spacial score (nSPS) is 16.5. The average molecular weight is 489 g/mol. The van der Waals surface area contributed by atoms with Gasteiger partial charge < -0.3 is 4.74 Å². The van der Waals surface area contributed by atoms with Crippen LogP contribution in [-0.2, 0) is 9.53 Å². The van der Waals surface area contributed by atoms with Gasteiger partial charge >= 0.3 is 12.2 Å². The van der Waals surface area contributed by atoms with Gasteiger partial charge in [-0.05, 0) is 24.3 Å². The van der Waals surface area contributed by atoms with E-state index in [0.29, 0.717) is 21.4 Å². The lowest BCUT2D eigenvalue weighted by molar-refractivity contribution is -0.502. The quantitative estimate of drug-likeness (QED) is 0.344. The Morgan fingerprint density at radius 1 is 1.00 bits per heavy atom. The molecule has 5 nitrogen and oxygen atoms in total. The molecular weight excluding hydrogens is 479 g/mol. The lowest BCUT2D eigenvalue weighted by Crippen LogP contribution is -2.34. The maximum Gasteiger partial charge on any atom is 0.306 e. The number of esters is 1. The number of halogens is 6. The summed E-state index contributed by atoms with van der Waals surface area (Å²) in [7, 11) is 0. The summed E-state index contributed by atoms with van der Waals surface area (Å²) < 4.78 is 6.84. The molecule has 11 heteroatoms. The van der Waals surface area contributed by atoms with Gasteiger partial charge in [0.1, 0.15) is 0 Å². The van der Waals surface area contributed by atoms with Gasteiger partial charge in [-0.2, -0.15) is 0 Å². The fourth-order valence-electron chi connectivity index (χ4n) is 2.57. The Hall–Kier alpha value is -0.950. The highest BCUT2D eigenvalue weighted by Crippen LogP contribution is 2.42. The van der Waals surface area contributed by atoms with Crippen molar-refractivity contribution >= 4 is 86.9 Å². The molecule has 1 heterocycles. The molecule has 1 aliphatic rings. The summed E-state index contributed by atoms with van der Waals surface area (Å²) in [6.45, 7) is 1.42. The van der Waals surface area contributed by atoms with Gasteiger partial charge in [0, 0.05) is 17.0 Å². The Bertz CT molecular complexity index is 919. The Balaban J connectivity index is 2.12. The minimum absolute atomic E-state index is 0.135. The fraction of sp³-hybridized carbons (Fsp3) is 0.188. The molecule has 1 atom stereocenters. The molecule has 1 aliphatic heterocycles. The molecule has 142 valence electrons. The first-order valence-corrected chi connectivity index (χ1v) is 9.68. The van der Waals surface area contributed by atoms with Crippen LogP contribution in [0.15, 0.2) is 29.5 Å². The first-order chi connectivity index (χ1) is 12.7. The van der Waals surface area contributed by atoms with Crippen LogP contribution < -0.4 is 5.01 Å². The molecule has 0 saturated heterocycles. The van der Waals surface area contributed by atoms with E-state index in [4.69, 9.17) is 74.3 Å². The number of nitrogens with zero attached hydrogens (tertiary/aromatic N) is 3. The molecule has 0 saturated carbocycles. The fourth-order valence-corrected chi connectivity index (χ4v) is 4.58. The number of carbonyl (C=O) groups excluding carboxylic acids is 1. The van der Waals surface area contributed by atoms with Gasteiger partial charge in [0.05, 0.1) is 25.3 Å². The van der Waals surface area contributed by atoms with E-state index in [-0.39, 0.29) is 26.6 Å². The number of ether oxygens (including phenoxy) is 1. The molecule has 0 spiro atoms. The first-order valence-electron chi connectivity index (χ1n) is 7.42. The number of hydrogen-bond acceptors (Lipinski definition) is 4. The Kier molecular flexibility index (Phi) is 6.31. The zero-order valence-electron chi connectivity index (χ0n) is 13.5. The molecule has 2 aromatic carbocycles. The van der Waals surface area contributed by atoms with Crippen molar-refractivity contribution in [3.05, 3.63) is 54.4 Å². The number of benzene rings is 2. The van der Waals surface area contributed by atoms with Crippen molar-refractivity contribution in [1.29, 1.82) is 0 Å². The lowest BCUT2D eigenvalue weighted by Gasteiger charge is -2.15. The number of hydrogen-bond donors (Lipinski definition) is 0. The molecular formula is C16H10Cl6N3O2+. The zero-order chi connectivity index (χ0) is 19.9. The maximum absolute atomic E-state index is 11.6. The Morgan fingerprint density at radius 3 is 1.96 bits per heavy atom. The molecule has 0 radical (unpaired) electrons. The molecule has 0 fully saturated rings. The molecule has 1 unspecified atom stereocenters. The van der Waals surface area contributed by atoms with Crippen LogP contribution in [0.3, 0.4) is 0 Å². The summed E-state index contributed by atoms with van der Waals surface area (Å²) in [4.78, 5) is 11.6. The van der Waals surface area contributed by atoms with E-state index < -0.39 is 12.2 Å². The highest BCUT2D eigenvalue weighted by atomic mass is 35.5. The van der Waals surface area contributed by atoms with Gasteiger partial charge in [-0.25, -0.2) is 0 Å². The van der Waals surface area contributed by atoms with Crippen LogP contribution in [0.5, 0.6) is 0 Å². The third kappa shape index (κ3) is 4.39. The summed E-state index contributed by atoms with van der Waals surface area (Å²) in [6.07, 6.45) is -0.818. The summed E-state index contributed by atoms with van der Waals surface area (Å²) in [5.74, 6) is -0.503. The van der Waals surface area contributed by atoms with Gasteiger partial charge in [-0.15, -0.1) is 4.70 Å². The van der Waals surface area contributed by atoms with E-state index in [1.807, 2.05) is 0 Å². The molecule has 0 bridgehead atoms. The van der Waals surface area contributed by atoms with Crippen molar-refractivity contribution in [2.45, 2.75) is 13.2 Å². The van der Waals surface area contributed by atoms with Gasteiger partial charge in [-0.3, -0.25) is 4.79 Å². The molecule has 0 N–H and O–H groups in total. The van der Waals surface area contributed by atoms with Gasteiger partial charge in [0.2, 0.25) is 0 Å². The van der Waals surface area contributed by atoms with E-state index in [1.54, 1.807) is 0 Å². The van der Waals surface area contributed by atoms with Gasteiger partial charge in [0.25, 0.3) is 0 Å². The standard InChI is InChI=1S/C16H10Cl6N3O2/c1-7(26)27-14-6-24(15-10(19)2-8(17)3-11(15)20)23-25(14)16-12(21)4-9(18)5-13(16)22/h2-5,14H,6H2,1H3/q+1. The SMILES string of the molecule is CC(=O)OC1C[N+](c2c(Cl)cc(Cl)cc2Cl)=NN1c1c(Cl)cc(Cl)cc1Cl. The van der Waals surface area contributed by atoms with E-state index in [9.17, 15) is 4.79 Å². The Labute approximate surface area is 184 Å². The minimum atomic E-state index is -0.818. The zero-order valence-corrected chi connectivity index (χ0v) is 18.1. The summed E-state index contributed by atoms with van der Waals surface area (Å²) in [5.41, 5.74) is 0.737. The largest absolute Gasteiger partial charge is 0.416 e. The summed E-state index contributed by atoms with van der Waals surface area (Å²) in [6, 6.07) is 6.09. The summed E-state index contributed by atoms with van der Waals surface area (Å²) >= 11 is 37.1. The highest BCUT2D eigenvalue weighted by molar-refractivity contribution is 6.42. The monoisotopic (exact) mass is 486 g/mol. The number of anilines is 1. The van der Waals surface area contributed by atoms with Crippen molar-refractivity contribution < 1.29 is 14.2 Å². The van der Waals surface area contributed by atoms with E-state index in [0.717, 1.165) is 0 Å². The second-order valence-electron chi connectivity index (χ2n) is 5.52. The third-order valence-electron chi connectivity index (χ3n) is 3.56. The molecule has 0 amide bonds. The van der Waals surface area contributed by atoms with Crippen LogP contribution in [0, 0.1) is 0 Å². The van der Waals surface area contributed by atoms with Crippen molar-refractivity contribution in [2.75, 3.05) is 11.6 Å². The van der Waals surface area contributed by atoms with Crippen LogP contribution >= 0.6 is 69.6 Å².